The molecule has 0 aliphatic rings. The first-order valence-corrected chi connectivity index (χ1v) is 6.44. The largest absolute Gasteiger partial charge is 0.388 e. The van der Waals surface area contributed by atoms with Crippen molar-refractivity contribution in [2.45, 2.75) is 19.9 Å². The van der Waals surface area contributed by atoms with Crippen molar-refractivity contribution in [3.63, 3.8) is 0 Å². The van der Waals surface area contributed by atoms with E-state index in [2.05, 4.69) is 29.4 Å². The molecule has 3 N–H and O–H groups in total. The number of nitrogens with two attached hydrogens (primary N) is 1. The summed E-state index contributed by atoms with van der Waals surface area (Å²) in [4.78, 5) is 4.34. The molecule has 1 aromatic rings. The summed E-state index contributed by atoms with van der Waals surface area (Å²) in [6.07, 6.45) is 1.12. The van der Waals surface area contributed by atoms with Gasteiger partial charge in [0.25, 0.3) is 0 Å². The fourth-order valence-corrected chi connectivity index (χ4v) is 1.82. The second-order valence-corrected chi connectivity index (χ2v) is 4.57. The molecule has 0 bridgehead atoms. The lowest BCUT2D eigenvalue weighted by Gasteiger charge is -2.03. The predicted molar refractivity (Wildman–Crippen MR) is 74.1 cm³/mol. The number of aliphatic imine (C=N–C) groups is 1. The highest BCUT2D eigenvalue weighted by molar-refractivity contribution is 8.13. The van der Waals surface area contributed by atoms with Gasteiger partial charge in [-0.2, -0.15) is 0 Å². The molecule has 0 aliphatic heterocycles. The Hall–Kier alpha value is -1.16. The first-order valence-electron chi connectivity index (χ1n) is 5.45. The van der Waals surface area contributed by atoms with Crippen molar-refractivity contribution in [2.24, 2.45) is 10.7 Å². The van der Waals surface area contributed by atoms with Crippen LogP contribution in [-0.4, -0.2) is 18.0 Å². The van der Waals surface area contributed by atoms with Crippen molar-refractivity contribution in [1.29, 1.82) is 0 Å². The first-order chi connectivity index (χ1) is 7.76. The molecule has 1 rings (SSSR count). The molecule has 88 valence electrons. The summed E-state index contributed by atoms with van der Waals surface area (Å²) in [5, 5.41) is 3.78. The van der Waals surface area contributed by atoms with Crippen LogP contribution in [0.1, 0.15) is 18.9 Å². The molecule has 0 unspecified atom stereocenters. The van der Waals surface area contributed by atoms with E-state index in [1.165, 1.54) is 5.56 Å². The van der Waals surface area contributed by atoms with Crippen LogP contribution in [-0.2, 0) is 6.54 Å². The van der Waals surface area contributed by atoms with E-state index in [0.29, 0.717) is 11.7 Å². The zero-order valence-corrected chi connectivity index (χ0v) is 10.7. The Labute approximate surface area is 102 Å². The number of thioether (sulfide) groups is 1. The number of rotatable bonds is 5. The number of amidine groups is 1. The van der Waals surface area contributed by atoms with Gasteiger partial charge in [0.2, 0.25) is 0 Å². The molecule has 0 spiro atoms. The van der Waals surface area contributed by atoms with Gasteiger partial charge in [0.05, 0.1) is 6.54 Å². The molecule has 0 atom stereocenters. The van der Waals surface area contributed by atoms with E-state index in [-0.39, 0.29) is 0 Å². The van der Waals surface area contributed by atoms with E-state index in [0.717, 1.165) is 17.9 Å². The molecule has 0 aliphatic carbocycles. The van der Waals surface area contributed by atoms with Gasteiger partial charge in [-0.3, -0.25) is 4.99 Å². The molecule has 3 nitrogen and oxygen atoms in total. The molecule has 0 fully saturated rings. The van der Waals surface area contributed by atoms with Crippen molar-refractivity contribution in [2.75, 3.05) is 18.1 Å². The van der Waals surface area contributed by atoms with Crippen LogP contribution in [0.2, 0.25) is 0 Å². The maximum Gasteiger partial charge on any atom is 0.154 e. The maximum absolute atomic E-state index is 5.78. The van der Waals surface area contributed by atoms with Crippen LogP contribution in [0.5, 0.6) is 0 Å². The van der Waals surface area contributed by atoms with Gasteiger partial charge in [-0.1, -0.05) is 30.8 Å². The molecule has 16 heavy (non-hydrogen) atoms. The molecule has 0 saturated carbocycles. The summed E-state index contributed by atoms with van der Waals surface area (Å²) < 4.78 is 0. The quantitative estimate of drug-likeness (QED) is 0.611. The van der Waals surface area contributed by atoms with E-state index in [1.54, 1.807) is 11.8 Å². The third kappa shape index (κ3) is 4.57. The summed E-state index contributed by atoms with van der Waals surface area (Å²) >= 11 is 1.62. The van der Waals surface area contributed by atoms with Gasteiger partial charge >= 0.3 is 0 Å². The monoisotopic (exact) mass is 237 g/mol. The smallest absolute Gasteiger partial charge is 0.154 e. The van der Waals surface area contributed by atoms with Gasteiger partial charge in [0.15, 0.2) is 5.17 Å². The Morgan fingerprint density at radius 1 is 1.50 bits per heavy atom. The average molecular weight is 237 g/mol. The lowest BCUT2D eigenvalue weighted by molar-refractivity contribution is 1.07. The summed E-state index contributed by atoms with van der Waals surface area (Å²) in [6, 6.07) is 8.19. The summed E-state index contributed by atoms with van der Waals surface area (Å²) in [5.74, 6) is 1.03. The number of benzene rings is 1. The van der Waals surface area contributed by atoms with E-state index < -0.39 is 0 Å². The highest BCUT2D eigenvalue weighted by atomic mass is 32.2. The van der Waals surface area contributed by atoms with Gasteiger partial charge in [-0.15, -0.1) is 0 Å². The second kappa shape index (κ2) is 7.17. The second-order valence-electron chi connectivity index (χ2n) is 3.45. The van der Waals surface area contributed by atoms with Gasteiger partial charge in [-0.25, -0.2) is 0 Å². The molecule has 1 aromatic carbocycles. The molecule has 0 saturated heterocycles. The number of hydrogen-bond acceptors (Lipinski definition) is 3. The Morgan fingerprint density at radius 2 is 2.31 bits per heavy atom. The van der Waals surface area contributed by atoms with Crippen LogP contribution in [0.3, 0.4) is 0 Å². The molecule has 0 amide bonds. The highest BCUT2D eigenvalue weighted by Crippen LogP contribution is 2.11. The summed E-state index contributed by atoms with van der Waals surface area (Å²) in [5.41, 5.74) is 8.05. The number of nitrogens with zero attached hydrogens (tertiary/aromatic N) is 1. The first kappa shape index (κ1) is 12.9. The number of hydrogen-bond donors (Lipinski definition) is 2. The van der Waals surface area contributed by atoms with Crippen molar-refractivity contribution >= 4 is 22.6 Å². The van der Waals surface area contributed by atoms with Crippen LogP contribution in [0.15, 0.2) is 29.3 Å². The molecule has 0 radical (unpaired) electrons. The zero-order valence-electron chi connectivity index (χ0n) is 9.86. The van der Waals surface area contributed by atoms with E-state index >= 15 is 0 Å². The minimum absolute atomic E-state index is 0.651. The SMILES string of the molecule is CCCSC(N)=NCc1cccc(NC)c1. The third-order valence-electron chi connectivity index (χ3n) is 2.09. The fraction of sp³-hybridized carbons (Fsp3) is 0.417. The lowest BCUT2D eigenvalue weighted by atomic mass is 10.2. The van der Waals surface area contributed by atoms with Crippen molar-refractivity contribution in [3.8, 4) is 0 Å². The lowest BCUT2D eigenvalue weighted by Crippen LogP contribution is -2.07. The maximum atomic E-state index is 5.78. The molecular weight excluding hydrogens is 218 g/mol. The fourth-order valence-electron chi connectivity index (χ4n) is 1.25. The van der Waals surface area contributed by atoms with Crippen molar-refractivity contribution < 1.29 is 0 Å². The van der Waals surface area contributed by atoms with Gasteiger partial charge in [-0.05, 0) is 24.1 Å². The Morgan fingerprint density at radius 3 is 3.00 bits per heavy atom. The molecule has 0 aromatic heterocycles. The van der Waals surface area contributed by atoms with Crippen LogP contribution in [0.4, 0.5) is 5.69 Å². The van der Waals surface area contributed by atoms with E-state index in [9.17, 15) is 0 Å². The van der Waals surface area contributed by atoms with Crippen molar-refractivity contribution in [1.82, 2.24) is 0 Å². The summed E-state index contributed by atoms with van der Waals surface area (Å²) in [6.45, 7) is 2.79. The normalized spacial score (nSPS) is 11.5. The van der Waals surface area contributed by atoms with Crippen LogP contribution in [0.25, 0.3) is 0 Å². The van der Waals surface area contributed by atoms with E-state index in [4.69, 9.17) is 5.73 Å². The molecular formula is C12H19N3S. The topological polar surface area (TPSA) is 50.4 Å². The Bertz CT molecular complexity index is 350. The van der Waals surface area contributed by atoms with Crippen LogP contribution < -0.4 is 11.1 Å². The van der Waals surface area contributed by atoms with Crippen LogP contribution in [0, 0.1) is 0 Å². The van der Waals surface area contributed by atoms with Crippen molar-refractivity contribution in [3.05, 3.63) is 29.8 Å². The average Bonchev–Trinajstić information content (AvgIpc) is 2.34. The highest BCUT2D eigenvalue weighted by Gasteiger charge is 1.95. The van der Waals surface area contributed by atoms with Gasteiger partial charge < -0.3 is 11.1 Å². The third-order valence-corrected chi connectivity index (χ3v) is 3.12. The van der Waals surface area contributed by atoms with Crippen LogP contribution >= 0.6 is 11.8 Å². The van der Waals surface area contributed by atoms with Gasteiger partial charge in [0, 0.05) is 18.5 Å². The Balaban J connectivity index is 2.52. The van der Waals surface area contributed by atoms with E-state index in [1.807, 2.05) is 19.2 Å². The molecule has 0 heterocycles. The predicted octanol–water partition coefficient (Wildman–Crippen LogP) is 2.69. The molecule has 4 heteroatoms. The van der Waals surface area contributed by atoms with Gasteiger partial charge in [0.1, 0.15) is 0 Å². The minimum Gasteiger partial charge on any atom is -0.388 e. The number of nitrogens with one attached hydrogen (secondary N) is 1. The zero-order chi connectivity index (χ0) is 11.8. The standard InChI is InChI=1S/C12H19N3S/c1-3-7-16-12(13)15-9-10-5-4-6-11(8-10)14-2/h4-6,8,14H,3,7,9H2,1-2H3,(H2,13,15). The number of anilines is 1. The Kier molecular flexibility index (Phi) is 5.78. The minimum atomic E-state index is 0.651. The summed E-state index contributed by atoms with van der Waals surface area (Å²) in [7, 11) is 1.91.